The molecule has 0 saturated carbocycles. The standard InChI is InChI=1S/C18H20BrN3/c1-11-6-7-15(12(2)8-11)17-10-16(21-18(20)22-17)13-4-3-5-14(19)9-13/h3-9,16-17H,10H2,1-2H3,(H3,20,21,22). The summed E-state index contributed by atoms with van der Waals surface area (Å²) in [5.41, 5.74) is 11.1. The predicted molar refractivity (Wildman–Crippen MR) is 94.9 cm³/mol. The molecule has 0 fully saturated rings. The van der Waals surface area contributed by atoms with Crippen LogP contribution in [0.4, 0.5) is 0 Å². The van der Waals surface area contributed by atoms with Crippen LogP contribution in [-0.2, 0) is 0 Å². The third-order valence-electron chi connectivity index (χ3n) is 4.11. The van der Waals surface area contributed by atoms with Gasteiger partial charge in [0.25, 0.3) is 0 Å². The SMILES string of the molecule is Cc1ccc(C2CC(c3cccc(Br)c3)N=C(N)N2)c(C)c1. The number of nitrogens with zero attached hydrogens (tertiary/aromatic N) is 1. The third-order valence-corrected chi connectivity index (χ3v) is 4.60. The molecule has 0 saturated heterocycles. The second-order valence-corrected chi connectivity index (χ2v) is 6.79. The van der Waals surface area contributed by atoms with Crippen LogP contribution >= 0.6 is 15.9 Å². The number of hydrogen-bond acceptors (Lipinski definition) is 3. The van der Waals surface area contributed by atoms with Gasteiger partial charge >= 0.3 is 0 Å². The summed E-state index contributed by atoms with van der Waals surface area (Å²) in [5.74, 6) is 0.515. The van der Waals surface area contributed by atoms with E-state index in [1.165, 1.54) is 22.3 Å². The molecular formula is C18H20BrN3. The number of benzene rings is 2. The third kappa shape index (κ3) is 3.17. The summed E-state index contributed by atoms with van der Waals surface area (Å²) in [4.78, 5) is 4.58. The molecule has 0 aliphatic carbocycles. The highest BCUT2D eigenvalue weighted by Gasteiger charge is 2.25. The van der Waals surface area contributed by atoms with Crippen LogP contribution in [0.1, 0.15) is 40.8 Å². The van der Waals surface area contributed by atoms with Crippen molar-refractivity contribution in [2.24, 2.45) is 10.7 Å². The van der Waals surface area contributed by atoms with E-state index < -0.39 is 0 Å². The van der Waals surface area contributed by atoms with Gasteiger partial charge in [0.2, 0.25) is 0 Å². The molecule has 0 spiro atoms. The normalized spacial score (nSPS) is 21.1. The number of nitrogens with one attached hydrogen (secondary N) is 1. The zero-order valence-corrected chi connectivity index (χ0v) is 14.4. The highest BCUT2D eigenvalue weighted by atomic mass is 79.9. The van der Waals surface area contributed by atoms with E-state index >= 15 is 0 Å². The summed E-state index contributed by atoms with van der Waals surface area (Å²) in [5, 5.41) is 3.32. The molecule has 1 heterocycles. The molecule has 3 rings (SSSR count). The molecule has 2 aromatic carbocycles. The van der Waals surface area contributed by atoms with E-state index in [1.807, 2.05) is 12.1 Å². The molecule has 3 nitrogen and oxygen atoms in total. The van der Waals surface area contributed by atoms with Crippen LogP contribution in [0.5, 0.6) is 0 Å². The number of hydrogen-bond donors (Lipinski definition) is 2. The molecule has 114 valence electrons. The molecule has 3 N–H and O–H groups in total. The van der Waals surface area contributed by atoms with Crippen LogP contribution in [0.2, 0.25) is 0 Å². The van der Waals surface area contributed by atoms with E-state index in [-0.39, 0.29) is 12.1 Å². The van der Waals surface area contributed by atoms with Crippen LogP contribution < -0.4 is 11.1 Å². The maximum absolute atomic E-state index is 6.04. The van der Waals surface area contributed by atoms with Gasteiger partial charge in [-0.05, 0) is 49.1 Å². The quantitative estimate of drug-likeness (QED) is 0.847. The van der Waals surface area contributed by atoms with Gasteiger partial charge in [-0.2, -0.15) is 0 Å². The van der Waals surface area contributed by atoms with Crippen molar-refractivity contribution in [3.8, 4) is 0 Å². The van der Waals surface area contributed by atoms with Crippen molar-refractivity contribution >= 4 is 21.9 Å². The molecule has 0 bridgehead atoms. The van der Waals surface area contributed by atoms with Gasteiger partial charge < -0.3 is 11.1 Å². The van der Waals surface area contributed by atoms with Crippen LogP contribution in [-0.4, -0.2) is 5.96 Å². The van der Waals surface area contributed by atoms with E-state index in [0.717, 1.165) is 10.9 Å². The smallest absolute Gasteiger partial charge is 0.189 e. The van der Waals surface area contributed by atoms with Gasteiger partial charge in [0.1, 0.15) is 0 Å². The molecule has 1 aliphatic heterocycles. The molecular weight excluding hydrogens is 338 g/mol. The Morgan fingerprint density at radius 3 is 2.73 bits per heavy atom. The number of guanidine groups is 1. The Hall–Kier alpha value is -1.81. The molecule has 2 atom stereocenters. The molecule has 0 amide bonds. The summed E-state index contributed by atoms with van der Waals surface area (Å²) >= 11 is 3.53. The van der Waals surface area contributed by atoms with Gasteiger partial charge in [-0.15, -0.1) is 0 Å². The summed E-state index contributed by atoms with van der Waals surface area (Å²) in [7, 11) is 0. The average Bonchev–Trinajstić information content (AvgIpc) is 2.46. The van der Waals surface area contributed by atoms with Gasteiger partial charge in [0.15, 0.2) is 5.96 Å². The van der Waals surface area contributed by atoms with E-state index in [2.05, 4.69) is 70.4 Å². The highest BCUT2D eigenvalue weighted by Crippen LogP contribution is 2.34. The first-order valence-electron chi connectivity index (χ1n) is 7.45. The zero-order valence-electron chi connectivity index (χ0n) is 12.8. The molecule has 2 unspecified atom stereocenters. The van der Waals surface area contributed by atoms with Gasteiger partial charge in [0.05, 0.1) is 12.1 Å². The predicted octanol–water partition coefficient (Wildman–Crippen LogP) is 4.16. The lowest BCUT2D eigenvalue weighted by Gasteiger charge is -2.30. The van der Waals surface area contributed by atoms with Crippen molar-refractivity contribution in [2.45, 2.75) is 32.4 Å². The molecule has 1 aliphatic rings. The Bertz CT molecular complexity index is 724. The molecule has 4 heteroatoms. The second kappa shape index (κ2) is 6.13. The topological polar surface area (TPSA) is 50.4 Å². The molecule has 22 heavy (non-hydrogen) atoms. The average molecular weight is 358 g/mol. The molecule has 0 radical (unpaired) electrons. The van der Waals surface area contributed by atoms with Gasteiger partial charge in [-0.3, -0.25) is 0 Å². The fourth-order valence-corrected chi connectivity index (χ4v) is 3.48. The molecule has 0 aromatic heterocycles. The van der Waals surface area contributed by atoms with E-state index in [9.17, 15) is 0 Å². The van der Waals surface area contributed by atoms with Gasteiger partial charge in [-0.1, -0.05) is 51.8 Å². The lowest BCUT2D eigenvalue weighted by atomic mass is 9.91. The van der Waals surface area contributed by atoms with Crippen molar-refractivity contribution < 1.29 is 0 Å². The van der Waals surface area contributed by atoms with E-state index in [4.69, 9.17) is 5.73 Å². The van der Waals surface area contributed by atoms with Crippen LogP contribution in [0.3, 0.4) is 0 Å². The Morgan fingerprint density at radius 2 is 2.00 bits per heavy atom. The zero-order chi connectivity index (χ0) is 15.7. The number of nitrogens with two attached hydrogens (primary N) is 1. The summed E-state index contributed by atoms with van der Waals surface area (Å²) in [6.45, 7) is 4.27. The Kier molecular flexibility index (Phi) is 4.21. The lowest BCUT2D eigenvalue weighted by molar-refractivity contribution is 0.485. The minimum atomic E-state index is 0.0875. The first-order chi connectivity index (χ1) is 10.5. The van der Waals surface area contributed by atoms with Crippen molar-refractivity contribution in [3.63, 3.8) is 0 Å². The van der Waals surface area contributed by atoms with Crippen molar-refractivity contribution in [1.29, 1.82) is 0 Å². The van der Waals surface area contributed by atoms with E-state index in [1.54, 1.807) is 0 Å². The number of aliphatic imine (C=N–C) groups is 1. The fourth-order valence-electron chi connectivity index (χ4n) is 3.06. The Labute approximate surface area is 139 Å². The lowest BCUT2D eigenvalue weighted by Crippen LogP contribution is -2.39. The number of aryl methyl sites for hydroxylation is 2. The van der Waals surface area contributed by atoms with Gasteiger partial charge in [0, 0.05) is 4.47 Å². The summed E-state index contributed by atoms with van der Waals surface area (Å²) in [6, 6.07) is 15.1. The minimum Gasteiger partial charge on any atom is -0.370 e. The van der Waals surface area contributed by atoms with E-state index in [0.29, 0.717) is 5.96 Å². The summed E-state index contributed by atoms with van der Waals surface area (Å²) < 4.78 is 1.07. The number of halogens is 1. The monoisotopic (exact) mass is 357 g/mol. The minimum absolute atomic E-state index is 0.0875. The first-order valence-corrected chi connectivity index (χ1v) is 8.24. The maximum Gasteiger partial charge on any atom is 0.189 e. The van der Waals surface area contributed by atoms with Crippen LogP contribution in [0, 0.1) is 13.8 Å². The molecule has 2 aromatic rings. The largest absolute Gasteiger partial charge is 0.370 e. The Morgan fingerprint density at radius 1 is 1.18 bits per heavy atom. The number of rotatable bonds is 2. The summed E-state index contributed by atoms with van der Waals surface area (Å²) in [6.07, 6.45) is 0.904. The van der Waals surface area contributed by atoms with Crippen molar-refractivity contribution in [1.82, 2.24) is 5.32 Å². The van der Waals surface area contributed by atoms with Crippen molar-refractivity contribution in [3.05, 3.63) is 69.2 Å². The van der Waals surface area contributed by atoms with Gasteiger partial charge in [-0.25, -0.2) is 4.99 Å². The van der Waals surface area contributed by atoms with Crippen molar-refractivity contribution in [2.75, 3.05) is 0 Å². The first kappa shape index (κ1) is 15.1. The van der Waals surface area contributed by atoms with Crippen LogP contribution in [0.25, 0.3) is 0 Å². The highest BCUT2D eigenvalue weighted by molar-refractivity contribution is 9.10. The Balaban J connectivity index is 1.92. The maximum atomic E-state index is 6.04. The van der Waals surface area contributed by atoms with Crippen LogP contribution in [0.15, 0.2) is 51.9 Å². The second-order valence-electron chi connectivity index (χ2n) is 5.88. The fraction of sp³-hybridized carbons (Fsp3) is 0.278.